The first-order valence-corrected chi connectivity index (χ1v) is 5.27. The van der Waals surface area contributed by atoms with Crippen LogP contribution in [0.3, 0.4) is 0 Å². The Labute approximate surface area is 55.2 Å². The molecule has 0 spiro atoms. The third-order valence-corrected chi connectivity index (χ3v) is 1.63. The molecule has 0 aliphatic rings. The van der Waals surface area contributed by atoms with Gasteiger partial charge in [0.1, 0.15) is 0 Å². The van der Waals surface area contributed by atoms with Gasteiger partial charge < -0.3 is 3.79 Å². The van der Waals surface area contributed by atoms with E-state index in [9.17, 15) is 0 Å². The van der Waals surface area contributed by atoms with Crippen LogP contribution >= 0.6 is 10.0 Å². The lowest BCUT2D eigenvalue weighted by molar-refractivity contribution is 0.335. The lowest BCUT2D eigenvalue weighted by atomic mass is 10.4. The van der Waals surface area contributed by atoms with Crippen LogP contribution in [0.2, 0.25) is 0 Å². The van der Waals surface area contributed by atoms with Crippen LogP contribution < -0.4 is 0 Å². The molecule has 7 heavy (non-hydrogen) atoms. The third kappa shape index (κ3) is 6.78. The minimum Gasteiger partial charge on any atom is -0.492 e. The van der Waals surface area contributed by atoms with Gasteiger partial charge in [-0.05, 0) is 6.42 Å². The first-order chi connectivity index (χ1) is 3.41. The van der Waals surface area contributed by atoms with Gasteiger partial charge in [0.15, 0.2) is 0 Å². The third-order valence-electron chi connectivity index (χ3n) is 0.719. The van der Waals surface area contributed by atoms with Gasteiger partial charge in [-0.3, -0.25) is 0 Å². The van der Waals surface area contributed by atoms with E-state index >= 15 is 0 Å². The predicted molar refractivity (Wildman–Crippen MR) is 33.9 cm³/mol. The van der Waals surface area contributed by atoms with E-state index < -0.39 is 14.6 Å². The summed E-state index contributed by atoms with van der Waals surface area (Å²) in [7, 11) is 5.35. The van der Waals surface area contributed by atoms with Crippen molar-refractivity contribution in [1.29, 1.82) is 0 Å². The van der Waals surface area contributed by atoms with Crippen LogP contribution in [-0.2, 0) is 3.79 Å². The molecule has 0 saturated carbocycles. The molecule has 1 nitrogen and oxygen atoms in total. The Morgan fingerprint density at radius 1 is 1.71 bits per heavy atom. The Morgan fingerprint density at radius 3 is 2.86 bits per heavy atom. The zero-order valence-corrected chi connectivity index (χ0v) is 6.78. The summed E-state index contributed by atoms with van der Waals surface area (Å²) in [6, 6.07) is 0. The molecule has 0 bridgehead atoms. The van der Waals surface area contributed by atoms with E-state index in [4.69, 9.17) is 13.8 Å². The van der Waals surface area contributed by atoms with Crippen molar-refractivity contribution in [3.63, 3.8) is 0 Å². The summed E-state index contributed by atoms with van der Waals surface area (Å²) in [6.07, 6.45) is 2.35. The van der Waals surface area contributed by atoms with Crippen LogP contribution in [0.4, 0.5) is 0 Å². The average molecular weight is 137 g/mol. The molecular formula is C4H10AlClO. The van der Waals surface area contributed by atoms with Crippen LogP contribution in [-0.4, -0.2) is 21.2 Å². The van der Waals surface area contributed by atoms with Crippen LogP contribution in [0, 0.1) is 0 Å². The average Bonchev–Trinajstić information content (AvgIpc) is 1.69. The largest absolute Gasteiger partial charge is 0.566 e. The second kappa shape index (κ2) is 6.78. The van der Waals surface area contributed by atoms with Crippen molar-refractivity contribution in [2.45, 2.75) is 19.8 Å². The Kier molecular flexibility index (Phi) is 7.54. The smallest absolute Gasteiger partial charge is 0.492 e. The molecule has 0 fully saturated rings. The number of hydrogen-bond acceptors (Lipinski definition) is 1. The standard InChI is InChI=1S/C4H9O.Al.ClH.H/c1-2-3-4-5;;;/h2-4H2,1H3;;1H;/q-1;+2;;/p-1. The summed E-state index contributed by atoms with van der Waals surface area (Å²) < 4.78 is 4.98. The van der Waals surface area contributed by atoms with E-state index in [0.717, 1.165) is 13.0 Å². The van der Waals surface area contributed by atoms with Crippen molar-refractivity contribution in [2.75, 3.05) is 6.61 Å². The molecule has 0 amide bonds. The molecule has 0 aromatic carbocycles. The monoisotopic (exact) mass is 136 g/mol. The zero-order chi connectivity index (χ0) is 5.54. The normalized spacial score (nSPS) is 8.86. The van der Waals surface area contributed by atoms with Crippen LogP contribution in [0.15, 0.2) is 0 Å². The summed E-state index contributed by atoms with van der Waals surface area (Å²) >= 11 is -0.634. The van der Waals surface area contributed by atoms with E-state index in [0.29, 0.717) is 0 Å². The van der Waals surface area contributed by atoms with Crippen molar-refractivity contribution in [3.05, 3.63) is 0 Å². The number of unbranched alkanes of at least 4 members (excludes halogenated alkanes) is 1. The highest BCUT2D eigenvalue weighted by atomic mass is 35.6. The van der Waals surface area contributed by atoms with E-state index in [2.05, 4.69) is 6.92 Å². The molecule has 3 heteroatoms. The quantitative estimate of drug-likeness (QED) is 0.418. The second-order valence-corrected chi connectivity index (χ2v) is 2.65. The molecule has 0 rings (SSSR count). The summed E-state index contributed by atoms with van der Waals surface area (Å²) in [5.41, 5.74) is 0. The van der Waals surface area contributed by atoms with Gasteiger partial charge in [0, 0.05) is 6.61 Å². The van der Waals surface area contributed by atoms with Crippen molar-refractivity contribution in [3.8, 4) is 0 Å². The Bertz CT molecular complexity index is 30.9. The minimum absolute atomic E-state index is 0.634. The molecule has 0 N–H and O–H groups in total. The van der Waals surface area contributed by atoms with Gasteiger partial charge in [0.05, 0.1) is 0 Å². The first kappa shape index (κ1) is 7.78. The Hall–Kier alpha value is 0.782. The van der Waals surface area contributed by atoms with Crippen LogP contribution in [0.5, 0.6) is 0 Å². The first-order valence-electron chi connectivity index (χ1n) is 2.55. The lowest BCUT2D eigenvalue weighted by Crippen LogP contribution is -1.92. The topological polar surface area (TPSA) is 9.23 Å². The summed E-state index contributed by atoms with van der Waals surface area (Å²) in [6.45, 7) is 3.01. The molecule has 0 aliphatic carbocycles. The lowest BCUT2D eigenvalue weighted by Gasteiger charge is -1.93. The highest BCUT2D eigenvalue weighted by Crippen LogP contribution is 1.86. The molecule has 0 saturated heterocycles. The fourth-order valence-corrected chi connectivity index (χ4v) is 0.942. The van der Waals surface area contributed by atoms with Crippen molar-refractivity contribution < 1.29 is 3.79 Å². The van der Waals surface area contributed by atoms with Gasteiger partial charge >= 0.3 is 14.6 Å². The van der Waals surface area contributed by atoms with Crippen molar-refractivity contribution >= 4 is 24.7 Å². The molecule has 0 aromatic heterocycles. The van der Waals surface area contributed by atoms with E-state index in [1.54, 1.807) is 0 Å². The van der Waals surface area contributed by atoms with Gasteiger partial charge in [-0.1, -0.05) is 13.3 Å². The van der Waals surface area contributed by atoms with Crippen LogP contribution in [0.1, 0.15) is 19.8 Å². The SMILES string of the molecule is CCCC[O][AlH][Cl]. The maximum Gasteiger partial charge on any atom is 0.566 e. The van der Waals surface area contributed by atoms with E-state index in [-0.39, 0.29) is 0 Å². The Morgan fingerprint density at radius 2 is 2.43 bits per heavy atom. The maximum atomic E-state index is 5.35. The highest BCUT2D eigenvalue weighted by molar-refractivity contribution is 6.89. The molecule has 0 aromatic rings. The molecule has 0 atom stereocenters. The maximum absolute atomic E-state index is 5.35. The molecule has 0 radical (unpaired) electrons. The molecule has 0 heterocycles. The van der Waals surface area contributed by atoms with E-state index in [1.165, 1.54) is 6.42 Å². The van der Waals surface area contributed by atoms with E-state index in [1.807, 2.05) is 0 Å². The van der Waals surface area contributed by atoms with Gasteiger partial charge in [-0.15, -0.1) is 0 Å². The molecule has 42 valence electrons. The number of hydrogen-bond donors (Lipinski definition) is 0. The summed E-state index contributed by atoms with van der Waals surface area (Å²) in [5, 5.41) is 0. The van der Waals surface area contributed by atoms with Gasteiger partial charge in [0.25, 0.3) is 0 Å². The van der Waals surface area contributed by atoms with Gasteiger partial charge in [0.2, 0.25) is 0 Å². The van der Waals surface area contributed by atoms with Crippen LogP contribution in [0.25, 0.3) is 0 Å². The second-order valence-electron chi connectivity index (χ2n) is 1.37. The predicted octanol–water partition coefficient (Wildman–Crippen LogP) is 1.31. The number of rotatable bonds is 4. The van der Waals surface area contributed by atoms with Gasteiger partial charge in [-0.25, -0.2) is 10.0 Å². The fourth-order valence-electron chi connectivity index (χ4n) is 0.301. The molecular weight excluding hydrogens is 126 g/mol. The fraction of sp³-hybridized carbons (Fsp3) is 1.00. The zero-order valence-electron chi connectivity index (χ0n) is 4.61. The molecule has 0 aliphatic heterocycles. The minimum atomic E-state index is -0.634. The summed E-state index contributed by atoms with van der Waals surface area (Å²) in [4.78, 5) is 0. The number of halogens is 1. The van der Waals surface area contributed by atoms with Crippen molar-refractivity contribution in [1.82, 2.24) is 0 Å². The van der Waals surface area contributed by atoms with Gasteiger partial charge in [-0.2, -0.15) is 0 Å². The summed E-state index contributed by atoms with van der Waals surface area (Å²) in [5.74, 6) is 0. The highest BCUT2D eigenvalue weighted by Gasteiger charge is 1.84. The Balaban J connectivity index is 2.45. The van der Waals surface area contributed by atoms with Crippen molar-refractivity contribution in [2.24, 2.45) is 0 Å². The molecule has 0 unspecified atom stereocenters.